The number of hydrogen-bond donors (Lipinski definition) is 0. The summed E-state index contributed by atoms with van der Waals surface area (Å²) in [6, 6.07) is 14.2. The van der Waals surface area contributed by atoms with Gasteiger partial charge in [0, 0.05) is 36.5 Å². The normalized spacial score (nSPS) is 24.1. The Kier molecular flexibility index (Phi) is 8.99. The van der Waals surface area contributed by atoms with Crippen molar-refractivity contribution in [2.75, 3.05) is 19.7 Å². The highest BCUT2D eigenvalue weighted by atomic mass is 32.2. The summed E-state index contributed by atoms with van der Waals surface area (Å²) in [6.07, 6.45) is 8.09. The number of likely N-dealkylation sites (tertiary alicyclic amines) is 1. The molecule has 2 saturated heterocycles. The molecule has 5 rings (SSSR count). The number of thioether (sulfide) groups is 1. The monoisotopic (exact) mass is 560 g/mol. The molecule has 0 N–H and O–H groups in total. The first kappa shape index (κ1) is 28.5. The summed E-state index contributed by atoms with van der Waals surface area (Å²) in [6.45, 7) is 8.06. The van der Waals surface area contributed by atoms with Crippen LogP contribution in [0.25, 0.3) is 6.08 Å². The Balaban J connectivity index is 1.32. The van der Waals surface area contributed by atoms with E-state index in [1.807, 2.05) is 30.3 Å². The predicted octanol–water partition coefficient (Wildman–Crippen LogP) is 6.15. The van der Waals surface area contributed by atoms with E-state index >= 15 is 0 Å². The van der Waals surface area contributed by atoms with E-state index in [-0.39, 0.29) is 29.7 Å². The lowest BCUT2D eigenvalue weighted by Crippen LogP contribution is -2.50. The molecule has 1 saturated carbocycles. The highest BCUT2D eigenvalue weighted by Gasteiger charge is 2.40. The van der Waals surface area contributed by atoms with Crippen LogP contribution < -0.4 is 0 Å². The SMILES string of the molecule is CCOC(=O)C1CCCN(C(=O)c2ccc(/C=C3\SC4CCCCC4N(Cc4cc(C)ccc4C)C3=O)cc2)C1. The van der Waals surface area contributed by atoms with Gasteiger partial charge >= 0.3 is 5.97 Å². The van der Waals surface area contributed by atoms with E-state index < -0.39 is 0 Å². The molecule has 0 bridgehead atoms. The molecular formula is C33H40N2O4S. The number of hydrogen-bond acceptors (Lipinski definition) is 5. The number of benzene rings is 2. The molecule has 2 aromatic rings. The van der Waals surface area contributed by atoms with Gasteiger partial charge in [-0.3, -0.25) is 14.4 Å². The van der Waals surface area contributed by atoms with E-state index in [1.165, 1.54) is 29.5 Å². The van der Waals surface area contributed by atoms with Gasteiger partial charge in [-0.15, -0.1) is 11.8 Å². The third-order valence-electron chi connectivity index (χ3n) is 8.45. The maximum absolute atomic E-state index is 13.8. The summed E-state index contributed by atoms with van der Waals surface area (Å²) in [7, 11) is 0. The third kappa shape index (κ3) is 6.30. The van der Waals surface area contributed by atoms with Crippen LogP contribution in [0.2, 0.25) is 0 Å². The van der Waals surface area contributed by atoms with Crippen molar-refractivity contribution < 1.29 is 19.1 Å². The molecule has 212 valence electrons. The minimum absolute atomic E-state index is 0.0685. The molecule has 0 aromatic heterocycles. The zero-order valence-electron chi connectivity index (χ0n) is 23.9. The number of aryl methyl sites for hydroxylation is 2. The van der Waals surface area contributed by atoms with Gasteiger partial charge in [-0.2, -0.15) is 0 Å². The number of fused-ring (bicyclic) bond motifs is 1. The Morgan fingerprint density at radius 3 is 2.58 bits per heavy atom. The molecule has 2 aliphatic heterocycles. The van der Waals surface area contributed by atoms with Crippen LogP contribution in [-0.2, 0) is 20.9 Å². The van der Waals surface area contributed by atoms with Crippen LogP contribution in [-0.4, -0.2) is 58.6 Å². The first-order valence-electron chi connectivity index (χ1n) is 14.7. The average molecular weight is 561 g/mol. The van der Waals surface area contributed by atoms with Crippen LogP contribution in [0, 0.1) is 19.8 Å². The standard InChI is InChI=1S/C33H40N2O4S/c1-4-39-33(38)26-8-7-17-34(20-26)31(36)25-15-13-24(14-16-25)19-30-32(37)35(28-9-5-6-10-29(28)40-30)21-27-18-22(2)11-12-23(27)3/h11-16,18-19,26,28-29H,4-10,17,20-21H2,1-3H3/b30-19-. The largest absolute Gasteiger partial charge is 0.466 e. The van der Waals surface area contributed by atoms with Gasteiger partial charge in [0.1, 0.15) is 0 Å². The summed E-state index contributed by atoms with van der Waals surface area (Å²) in [5, 5.41) is 0.412. The number of rotatable bonds is 6. The van der Waals surface area contributed by atoms with Gasteiger partial charge in [-0.1, -0.05) is 48.7 Å². The number of piperidine rings is 1. The van der Waals surface area contributed by atoms with E-state index in [9.17, 15) is 14.4 Å². The number of carbonyl (C=O) groups is 3. The van der Waals surface area contributed by atoms with E-state index in [2.05, 4.69) is 36.9 Å². The Bertz CT molecular complexity index is 1290. The molecule has 1 aliphatic carbocycles. The van der Waals surface area contributed by atoms with Crippen LogP contribution in [0.1, 0.15) is 78.1 Å². The number of amides is 2. The minimum Gasteiger partial charge on any atom is -0.466 e. The van der Waals surface area contributed by atoms with Crippen LogP contribution in [0.3, 0.4) is 0 Å². The van der Waals surface area contributed by atoms with Crippen molar-refractivity contribution in [3.63, 3.8) is 0 Å². The van der Waals surface area contributed by atoms with E-state index in [0.717, 1.165) is 36.2 Å². The molecule has 3 atom stereocenters. The summed E-state index contributed by atoms with van der Waals surface area (Å²) < 4.78 is 5.18. The fourth-order valence-electron chi connectivity index (χ4n) is 6.19. The van der Waals surface area contributed by atoms with Crippen molar-refractivity contribution >= 4 is 35.6 Å². The molecule has 2 amide bonds. The highest BCUT2D eigenvalue weighted by molar-refractivity contribution is 8.04. The van der Waals surface area contributed by atoms with Crippen LogP contribution >= 0.6 is 11.8 Å². The second-order valence-corrected chi connectivity index (χ2v) is 12.6. The van der Waals surface area contributed by atoms with Crippen LogP contribution in [0.4, 0.5) is 0 Å². The van der Waals surface area contributed by atoms with Crippen molar-refractivity contribution in [1.82, 2.24) is 9.80 Å². The quantitative estimate of drug-likeness (QED) is 0.313. The maximum Gasteiger partial charge on any atom is 0.310 e. The van der Waals surface area contributed by atoms with Crippen LogP contribution in [0.5, 0.6) is 0 Å². The van der Waals surface area contributed by atoms with Gasteiger partial charge < -0.3 is 14.5 Å². The molecule has 0 radical (unpaired) electrons. The summed E-state index contributed by atoms with van der Waals surface area (Å²) in [4.78, 5) is 43.9. The lowest BCUT2D eigenvalue weighted by atomic mass is 9.92. The second-order valence-electron chi connectivity index (χ2n) is 11.3. The zero-order chi connectivity index (χ0) is 28.2. The first-order chi connectivity index (χ1) is 19.3. The van der Waals surface area contributed by atoms with Crippen molar-refractivity contribution in [3.8, 4) is 0 Å². The molecule has 40 heavy (non-hydrogen) atoms. The van der Waals surface area contributed by atoms with Gasteiger partial charge in [-0.05, 0) is 81.4 Å². The molecule has 0 spiro atoms. The summed E-state index contributed by atoms with van der Waals surface area (Å²) >= 11 is 1.73. The number of carbonyl (C=O) groups excluding carboxylic acids is 3. The maximum atomic E-state index is 13.8. The Labute approximate surface area is 242 Å². The Morgan fingerprint density at radius 2 is 1.80 bits per heavy atom. The van der Waals surface area contributed by atoms with Gasteiger partial charge in [0.05, 0.1) is 17.4 Å². The number of ether oxygens (including phenoxy) is 1. The molecule has 6 nitrogen and oxygen atoms in total. The lowest BCUT2D eigenvalue weighted by Gasteiger charge is -2.44. The zero-order valence-corrected chi connectivity index (χ0v) is 24.7. The Hall–Kier alpha value is -3.06. The summed E-state index contributed by atoms with van der Waals surface area (Å²) in [5.41, 5.74) is 5.16. The Morgan fingerprint density at radius 1 is 1.02 bits per heavy atom. The molecule has 2 heterocycles. The lowest BCUT2D eigenvalue weighted by molar-refractivity contribution is -0.149. The van der Waals surface area contributed by atoms with Gasteiger partial charge in [0.15, 0.2) is 0 Å². The highest BCUT2D eigenvalue weighted by Crippen LogP contribution is 2.43. The first-order valence-corrected chi connectivity index (χ1v) is 15.5. The van der Waals surface area contributed by atoms with Crippen molar-refractivity contribution in [3.05, 3.63) is 75.2 Å². The van der Waals surface area contributed by atoms with E-state index in [1.54, 1.807) is 23.6 Å². The average Bonchev–Trinajstić information content (AvgIpc) is 2.97. The summed E-state index contributed by atoms with van der Waals surface area (Å²) in [5.74, 6) is -0.442. The van der Waals surface area contributed by atoms with E-state index in [4.69, 9.17) is 4.74 Å². The van der Waals surface area contributed by atoms with Crippen LogP contribution in [0.15, 0.2) is 47.4 Å². The van der Waals surface area contributed by atoms with Crippen molar-refractivity contribution in [1.29, 1.82) is 0 Å². The van der Waals surface area contributed by atoms with Gasteiger partial charge in [-0.25, -0.2) is 0 Å². The molecule has 3 aliphatic rings. The molecule has 3 fully saturated rings. The molecule has 3 unspecified atom stereocenters. The topological polar surface area (TPSA) is 66.9 Å². The fraction of sp³-hybridized carbons (Fsp3) is 0.485. The molecule has 7 heteroatoms. The van der Waals surface area contributed by atoms with Crippen molar-refractivity contribution in [2.24, 2.45) is 5.92 Å². The van der Waals surface area contributed by atoms with Gasteiger partial charge in [0.25, 0.3) is 11.8 Å². The third-order valence-corrected chi connectivity index (χ3v) is 9.85. The van der Waals surface area contributed by atoms with E-state index in [0.29, 0.717) is 37.1 Å². The fourth-order valence-corrected chi connectivity index (χ4v) is 7.66. The minimum atomic E-state index is -0.258. The molecule has 2 aromatic carbocycles. The van der Waals surface area contributed by atoms with Crippen molar-refractivity contribution in [2.45, 2.75) is 77.1 Å². The number of nitrogens with zero attached hydrogens (tertiary/aromatic N) is 2. The molecular weight excluding hydrogens is 520 g/mol. The second kappa shape index (κ2) is 12.6. The predicted molar refractivity (Wildman–Crippen MR) is 160 cm³/mol. The smallest absolute Gasteiger partial charge is 0.310 e. The van der Waals surface area contributed by atoms with Gasteiger partial charge in [0.2, 0.25) is 0 Å². The number of esters is 1.